The van der Waals surface area contributed by atoms with Gasteiger partial charge in [-0.05, 0) is 19.3 Å². The van der Waals surface area contributed by atoms with Crippen molar-refractivity contribution < 1.29 is 23.8 Å². The van der Waals surface area contributed by atoms with E-state index in [4.69, 9.17) is 21.6 Å². The minimum atomic E-state index is -1.42. The van der Waals surface area contributed by atoms with Crippen molar-refractivity contribution in [3.8, 4) is 12.3 Å². The van der Waals surface area contributed by atoms with Gasteiger partial charge in [0.05, 0.1) is 24.3 Å². The number of aromatic nitrogens is 2. The minimum absolute atomic E-state index is 0.0195. The molecule has 1 fully saturated rings. The SMILES string of the molecule is C#C[C@]1(CO)O[C@@H](C2C=Nc3c(N)nc(F)nc3CC2)C[C@@H]1OC(=O)C(C)CCCCC. The average Bonchev–Trinajstić information content (AvgIpc) is 2.98. The van der Waals surface area contributed by atoms with Gasteiger partial charge in [0.25, 0.3) is 0 Å². The van der Waals surface area contributed by atoms with Gasteiger partial charge in [0.1, 0.15) is 11.8 Å². The van der Waals surface area contributed by atoms with E-state index in [2.05, 4.69) is 27.8 Å². The number of nitrogens with two attached hydrogens (primary N) is 1. The number of hydrogen-bond acceptors (Lipinski definition) is 8. The maximum absolute atomic E-state index is 13.5. The van der Waals surface area contributed by atoms with E-state index in [0.717, 1.165) is 25.7 Å². The number of esters is 1. The standard InChI is InChI=1S/C23H31FN4O4/c1-4-6-7-8-14(3)21(30)31-18-11-17(32-23(18,5-2)13-29)15-9-10-16-19(26-12-15)20(25)28-22(24)27-16/h2,12,14-15,17-18,29H,4,6-11,13H2,1,3H3,(H2,25,27,28)/t14?,15?,17-,18+,23-/m1/s1. The lowest BCUT2D eigenvalue weighted by Crippen LogP contribution is -2.45. The first kappa shape index (κ1) is 24.1. The number of unbranched alkanes of at least 4 members (excludes halogenated alkanes) is 2. The number of hydrogen-bond donors (Lipinski definition) is 2. The molecule has 3 N–H and O–H groups in total. The molecular formula is C23H31FN4O4. The molecule has 9 heteroatoms. The first-order valence-corrected chi connectivity index (χ1v) is 11.2. The van der Waals surface area contributed by atoms with Crippen LogP contribution < -0.4 is 5.73 Å². The van der Waals surface area contributed by atoms with Crippen LogP contribution in [0.25, 0.3) is 0 Å². The minimum Gasteiger partial charge on any atom is -0.458 e. The number of aliphatic hydroxyl groups is 1. The summed E-state index contributed by atoms with van der Waals surface area (Å²) < 4.78 is 25.4. The van der Waals surface area contributed by atoms with Crippen LogP contribution in [0.3, 0.4) is 0 Å². The largest absolute Gasteiger partial charge is 0.458 e. The number of anilines is 1. The number of terminal acetylenes is 1. The van der Waals surface area contributed by atoms with Crippen LogP contribution in [0.2, 0.25) is 0 Å². The maximum atomic E-state index is 13.5. The lowest BCUT2D eigenvalue weighted by Gasteiger charge is -2.28. The van der Waals surface area contributed by atoms with Gasteiger partial charge in [-0.15, -0.1) is 6.42 Å². The molecule has 2 aliphatic heterocycles. The summed E-state index contributed by atoms with van der Waals surface area (Å²) in [5, 5.41) is 10.0. The molecule has 0 amide bonds. The number of aliphatic hydroxyl groups excluding tert-OH is 1. The van der Waals surface area contributed by atoms with E-state index in [9.17, 15) is 14.3 Å². The number of fused-ring (bicyclic) bond motifs is 1. The summed E-state index contributed by atoms with van der Waals surface area (Å²) in [7, 11) is 0. The molecule has 1 saturated heterocycles. The van der Waals surface area contributed by atoms with Crippen molar-refractivity contribution in [1.29, 1.82) is 0 Å². The normalized spacial score (nSPS) is 27.9. The predicted molar refractivity (Wildman–Crippen MR) is 118 cm³/mol. The van der Waals surface area contributed by atoms with Crippen LogP contribution in [0.4, 0.5) is 15.9 Å². The van der Waals surface area contributed by atoms with Crippen LogP contribution in [0.5, 0.6) is 0 Å². The second-order valence-corrected chi connectivity index (χ2v) is 8.56. The third-order valence-corrected chi connectivity index (χ3v) is 6.25. The predicted octanol–water partition coefficient (Wildman–Crippen LogP) is 2.74. The van der Waals surface area contributed by atoms with E-state index < -0.39 is 30.5 Å². The van der Waals surface area contributed by atoms with Gasteiger partial charge in [-0.3, -0.25) is 9.79 Å². The topological polar surface area (TPSA) is 120 Å². The van der Waals surface area contributed by atoms with E-state index in [0.29, 0.717) is 30.6 Å². The number of aliphatic imine (C=N–C) groups is 1. The Balaban J connectivity index is 1.72. The fourth-order valence-corrected chi connectivity index (χ4v) is 4.22. The summed E-state index contributed by atoms with van der Waals surface area (Å²) in [6.45, 7) is 3.46. The number of nitrogens with zero attached hydrogens (tertiary/aromatic N) is 3. The van der Waals surface area contributed by atoms with E-state index in [1.165, 1.54) is 0 Å². The molecule has 0 saturated carbocycles. The van der Waals surface area contributed by atoms with Crippen LogP contribution in [-0.2, 0) is 20.7 Å². The highest BCUT2D eigenvalue weighted by Gasteiger charge is 2.52. The van der Waals surface area contributed by atoms with Gasteiger partial charge in [-0.2, -0.15) is 9.37 Å². The lowest BCUT2D eigenvalue weighted by atomic mass is 9.92. The smallest absolute Gasteiger partial charge is 0.310 e. The van der Waals surface area contributed by atoms with Crippen LogP contribution in [0, 0.1) is 30.3 Å². The molecule has 0 spiro atoms. The van der Waals surface area contributed by atoms with Gasteiger partial charge in [0.2, 0.25) is 0 Å². The first-order chi connectivity index (χ1) is 15.3. The summed E-state index contributed by atoms with van der Waals surface area (Å²) in [6.07, 6.45) is 10.4. The van der Waals surface area contributed by atoms with Crippen molar-refractivity contribution in [2.24, 2.45) is 16.8 Å². The Hall–Kier alpha value is -2.57. The van der Waals surface area contributed by atoms with Crippen molar-refractivity contribution in [1.82, 2.24) is 9.97 Å². The van der Waals surface area contributed by atoms with E-state index >= 15 is 0 Å². The van der Waals surface area contributed by atoms with Gasteiger partial charge in [-0.25, -0.2) is 4.98 Å². The molecule has 3 heterocycles. The first-order valence-electron chi connectivity index (χ1n) is 11.2. The Morgan fingerprint density at radius 3 is 2.97 bits per heavy atom. The zero-order chi connectivity index (χ0) is 23.3. The molecule has 2 aliphatic rings. The average molecular weight is 447 g/mol. The van der Waals surface area contributed by atoms with Crippen molar-refractivity contribution in [2.75, 3.05) is 12.3 Å². The summed E-state index contributed by atoms with van der Waals surface area (Å²) in [4.78, 5) is 24.3. The highest BCUT2D eigenvalue weighted by Crippen LogP contribution is 2.39. The molecule has 0 aliphatic carbocycles. The number of carbonyl (C=O) groups excluding carboxylic acids is 1. The third-order valence-electron chi connectivity index (χ3n) is 6.25. The number of ether oxygens (including phenoxy) is 2. The lowest BCUT2D eigenvalue weighted by molar-refractivity contribution is -0.162. The second kappa shape index (κ2) is 10.4. The molecule has 3 rings (SSSR count). The van der Waals surface area contributed by atoms with E-state index in [1.807, 2.05) is 6.92 Å². The van der Waals surface area contributed by atoms with Gasteiger partial charge in [0.15, 0.2) is 11.4 Å². The second-order valence-electron chi connectivity index (χ2n) is 8.56. The van der Waals surface area contributed by atoms with Crippen LogP contribution in [-0.4, -0.2) is 51.7 Å². The Bertz CT molecular complexity index is 903. The van der Waals surface area contributed by atoms with Crippen molar-refractivity contribution in [2.45, 2.75) is 76.6 Å². The molecule has 2 unspecified atom stereocenters. The Labute approximate surface area is 187 Å². The fourth-order valence-electron chi connectivity index (χ4n) is 4.22. The Morgan fingerprint density at radius 2 is 2.28 bits per heavy atom. The zero-order valence-corrected chi connectivity index (χ0v) is 18.6. The molecule has 32 heavy (non-hydrogen) atoms. The number of nitrogen functional groups attached to an aromatic ring is 1. The number of halogens is 1. The molecule has 0 aromatic carbocycles. The van der Waals surface area contributed by atoms with E-state index in [-0.39, 0.29) is 23.6 Å². The number of rotatable bonds is 8. The summed E-state index contributed by atoms with van der Waals surface area (Å²) in [5.74, 6) is 1.67. The van der Waals surface area contributed by atoms with Crippen LogP contribution in [0.15, 0.2) is 4.99 Å². The molecule has 1 aromatic heterocycles. The fraction of sp³-hybridized carbons (Fsp3) is 0.652. The number of aryl methyl sites for hydroxylation is 1. The third kappa shape index (κ3) is 5.08. The van der Waals surface area contributed by atoms with Gasteiger partial charge < -0.3 is 20.3 Å². The molecule has 5 atom stereocenters. The van der Waals surface area contributed by atoms with Crippen LogP contribution >= 0.6 is 0 Å². The Kier molecular flexibility index (Phi) is 7.80. The molecular weight excluding hydrogens is 415 g/mol. The Morgan fingerprint density at radius 1 is 1.50 bits per heavy atom. The van der Waals surface area contributed by atoms with E-state index in [1.54, 1.807) is 6.21 Å². The van der Waals surface area contributed by atoms with Gasteiger partial charge in [-0.1, -0.05) is 39.0 Å². The van der Waals surface area contributed by atoms with Crippen molar-refractivity contribution in [3.05, 3.63) is 11.8 Å². The maximum Gasteiger partial charge on any atom is 0.310 e. The zero-order valence-electron chi connectivity index (χ0n) is 18.6. The van der Waals surface area contributed by atoms with Crippen molar-refractivity contribution in [3.63, 3.8) is 0 Å². The highest BCUT2D eigenvalue weighted by atomic mass is 19.1. The van der Waals surface area contributed by atoms with Crippen LogP contribution in [0.1, 0.15) is 58.1 Å². The molecule has 1 aromatic rings. The molecule has 8 nitrogen and oxygen atoms in total. The summed E-state index contributed by atoms with van der Waals surface area (Å²) in [5.41, 5.74) is 5.16. The molecule has 0 bridgehead atoms. The van der Waals surface area contributed by atoms with Gasteiger partial charge in [0, 0.05) is 18.6 Å². The van der Waals surface area contributed by atoms with Gasteiger partial charge >= 0.3 is 12.0 Å². The quantitative estimate of drug-likeness (QED) is 0.273. The summed E-state index contributed by atoms with van der Waals surface area (Å²) in [6, 6.07) is 0. The van der Waals surface area contributed by atoms with Crippen molar-refractivity contribution >= 4 is 23.7 Å². The summed E-state index contributed by atoms with van der Waals surface area (Å²) >= 11 is 0. The monoisotopic (exact) mass is 446 g/mol. The highest BCUT2D eigenvalue weighted by molar-refractivity contribution is 5.74. The molecule has 0 radical (unpaired) electrons. The molecule has 174 valence electrons. The number of carbonyl (C=O) groups is 1.